The highest BCUT2D eigenvalue weighted by molar-refractivity contribution is 6.00. The van der Waals surface area contributed by atoms with Crippen LogP contribution in [-0.2, 0) is 4.79 Å². The first-order valence-electron chi connectivity index (χ1n) is 6.59. The predicted octanol–water partition coefficient (Wildman–Crippen LogP) is 2.64. The van der Waals surface area contributed by atoms with Crippen molar-refractivity contribution in [2.75, 3.05) is 5.32 Å². The standard InChI is InChI=1S/C16H13FN2O2/c17-10-5-7-11(8-6-10)18-15(20)9-14-12-3-1-2-4-13(12)16(21)19-14/h1-8,14H,9H2,(H,18,20)(H,19,21)/t14-/m0/s1. The number of hydrogen-bond donors (Lipinski definition) is 2. The van der Waals surface area contributed by atoms with Gasteiger partial charge in [0.1, 0.15) is 5.82 Å². The van der Waals surface area contributed by atoms with Gasteiger partial charge in [0.25, 0.3) is 5.91 Å². The highest BCUT2D eigenvalue weighted by Gasteiger charge is 2.29. The normalized spacial score (nSPS) is 16.2. The van der Waals surface area contributed by atoms with Crippen molar-refractivity contribution in [3.8, 4) is 0 Å². The Labute approximate surface area is 121 Å². The molecule has 5 heteroatoms. The minimum atomic E-state index is -0.356. The van der Waals surface area contributed by atoms with Crippen molar-refractivity contribution in [3.63, 3.8) is 0 Å². The number of nitrogens with one attached hydrogen (secondary N) is 2. The summed E-state index contributed by atoms with van der Waals surface area (Å²) in [6.07, 6.45) is 0.139. The van der Waals surface area contributed by atoms with E-state index < -0.39 is 0 Å². The van der Waals surface area contributed by atoms with Crippen LogP contribution in [0.5, 0.6) is 0 Å². The molecule has 21 heavy (non-hydrogen) atoms. The molecule has 2 amide bonds. The SMILES string of the molecule is O=C(C[C@@H]1NC(=O)c2ccccc21)Nc1ccc(F)cc1. The van der Waals surface area contributed by atoms with E-state index in [9.17, 15) is 14.0 Å². The fraction of sp³-hybridized carbons (Fsp3) is 0.125. The fourth-order valence-corrected chi connectivity index (χ4v) is 2.41. The first-order valence-corrected chi connectivity index (χ1v) is 6.59. The number of carbonyl (C=O) groups is 2. The smallest absolute Gasteiger partial charge is 0.252 e. The third-order valence-electron chi connectivity index (χ3n) is 3.40. The Morgan fingerprint density at radius 1 is 1.14 bits per heavy atom. The average molecular weight is 284 g/mol. The summed E-state index contributed by atoms with van der Waals surface area (Å²) in [5, 5.41) is 5.47. The molecule has 2 N–H and O–H groups in total. The van der Waals surface area contributed by atoms with Crippen molar-refractivity contribution in [1.29, 1.82) is 0 Å². The molecule has 0 unspecified atom stereocenters. The largest absolute Gasteiger partial charge is 0.345 e. The molecule has 0 bridgehead atoms. The minimum absolute atomic E-state index is 0.139. The van der Waals surface area contributed by atoms with Gasteiger partial charge in [-0.15, -0.1) is 0 Å². The van der Waals surface area contributed by atoms with Gasteiger partial charge in [0, 0.05) is 11.3 Å². The Kier molecular flexibility index (Phi) is 3.39. The molecule has 1 heterocycles. The molecule has 2 aromatic carbocycles. The van der Waals surface area contributed by atoms with Crippen LogP contribution in [0.15, 0.2) is 48.5 Å². The summed E-state index contributed by atoms with van der Waals surface area (Å²) in [6, 6.07) is 12.4. The van der Waals surface area contributed by atoms with Gasteiger partial charge in [0.05, 0.1) is 12.5 Å². The summed E-state index contributed by atoms with van der Waals surface area (Å²) >= 11 is 0. The molecule has 0 saturated carbocycles. The van der Waals surface area contributed by atoms with E-state index in [2.05, 4.69) is 10.6 Å². The molecule has 0 saturated heterocycles. The molecule has 0 aliphatic carbocycles. The minimum Gasteiger partial charge on any atom is -0.345 e. The zero-order valence-electron chi connectivity index (χ0n) is 11.1. The summed E-state index contributed by atoms with van der Waals surface area (Å²) in [4.78, 5) is 23.8. The van der Waals surface area contributed by atoms with Gasteiger partial charge < -0.3 is 10.6 Å². The fourth-order valence-electron chi connectivity index (χ4n) is 2.41. The number of hydrogen-bond acceptors (Lipinski definition) is 2. The van der Waals surface area contributed by atoms with E-state index in [1.54, 1.807) is 12.1 Å². The monoisotopic (exact) mass is 284 g/mol. The first kappa shape index (κ1) is 13.3. The van der Waals surface area contributed by atoms with E-state index in [1.807, 2.05) is 12.1 Å². The Bertz CT molecular complexity index is 698. The van der Waals surface area contributed by atoms with Gasteiger partial charge in [0.2, 0.25) is 5.91 Å². The van der Waals surface area contributed by atoms with Crippen LogP contribution < -0.4 is 10.6 Å². The van der Waals surface area contributed by atoms with Gasteiger partial charge in [-0.1, -0.05) is 18.2 Å². The Hall–Kier alpha value is -2.69. The van der Waals surface area contributed by atoms with E-state index >= 15 is 0 Å². The number of halogens is 1. The lowest BCUT2D eigenvalue weighted by Gasteiger charge is -2.12. The molecule has 0 spiro atoms. The van der Waals surface area contributed by atoms with Crippen molar-refractivity contribution < 1.29 is 14.0 Å². The second-order valence-electron chi connectivity index (χ2n) is 4.87. The number of fused-ring (bicyclic) bond motifs is 1. The van der Waals surface area contributed by atoms with Crippen LogP contribution in [0.25, 0.3) is 0 Å². The predicted molar refractivity (Wildman–Crippen MR) is 76.3 cm³/mol. The maximum Gasteiger partial charge on any atom is 0.252 e. The van der Waals surface area contributed by atoms with E-state index in [0.29, 0.717) is 11.3 Å². The first-order chi connectivity index (χ1) is 10.1. The van der Waals surface area contributed by atoms with Crippen molar-refractivity contribution in [2.24, 2.45) is 0 Å². The maximum absolute atomic E-state index is 12.8. The second kappa shape index (κ2) is 5.36. The molecule has 0 radical (unpaired) electrons. The zero-order chi connectivity index (χ0) is 14.8. The number of amides is 2. The number of carbonyl (C=O) groups excluding carboxylic acids is 2. The zero-order valence-corrected chi connectivity index (χ0v) is 11.1. The van der Waals surface area contributed by atoms with Crippen LogP contribution in [-0.4, -0.2) is 11.8 Å². The second-order valence-corrected chi connectivity index (χ2v) is 4.87. The summed E-state index contributed by atoms with van der Waals surface area (Å²) in [7, 11) is 0. The summed E-state index contributed by atoms with van der Waals surface area (Å²) in [6.45, 7) is 0. The van der Waals surface area contributed by atoms with Gasteiger partial charge in [-0.2, -0.15) is 0 Å². The van der Waals surface area contributed by atoms with E-state index in [-0.39, 0.29) is 30.1 Å². The molecule has 0 fully saturated rings. The Morgan fingerprint density at radius 3 is 2.62 bits per heavy atom. The lowest BCUT2D eigenvalue weighted by Crippen LogP contribution is -2.24. The highest BCUT2D eigenvalue weighted by Crippen LogP contribution is 2.27. The van der Waals surface area contributed by atoms with Gasteiger partial charge in [-0.25, -0.2) is 4.39 Å². The van der Waals surface area contributed by atoms with E-state index in [0.717, 1.165) is 5.56 Å². The molecule has 4 nitrogen and oxygen atoms in total. The van der Waals surface area contributed by atoms with Crippen LogP contribution in [0, 0.1) is 5.82 Å². The maximum atomic E-state index is 12.8. The Balaban J connectivity index is 1.69. The van der Waals surface area contributed by atoms with Gasteiger partial charge in [0.15, 0.2) is 0 Å². The van der Waals surface area contributed by atoms with Crippen molar-refractivity contribution in [1.82, 2.24) is 5.32 Å². The van der Waals surface area contributed by atoms with E-state index in [1.165, 1.54) is 24.3 Å². The molecule has 0 aromatic heterocycles. The van der Waals surface area contributed by atoms with Crippen LogP contribution in [0.4, 0.5) is 10.1 Å². The summed E-state index contributed by atoms with van der Waals surface area (Å²) in [5.41, 5.74) is 1.97. The average Bonchev–Trinajstić information content (AvgIpc) is 2.78. The summed E-state index contributed by atoms with van der Waals surface area (Å²) < 4.78 is 12.8. The molecule has 1 aliphatic rings. The van der Waals surface area contributed by atoms with Gasteiger partial charge in [-0.05, 0) is 35.9 Å². The third-order valence-corrected chi connectivity index (χ3v) is 3.40. The van der Waals surface area contributed by atoms with Gasteiger partial charge in [-0.3, -0.25) is 9.59 Å². The molecule has 1 aliphatic heterocycles. The van der Waals surface area contributed by atoms with Crippen LogP contribution in [0.1, 0.15) is 28.4 Å². The number of anilines is 1. The molecule has 1 atom stereocenters. The lowest BCUT2D eigenvalue weighted by atomic mass is 10.0. The van der Waals surface area contributed by atoms with Crippen molar-refractivity contribution in [2.45, 2.75) is 12.5 Å². The van der Waals surface area contributed by atoms with E-state index in [4.69, 9.17) is 0 Å². The Morgan fingerprint density at radius 2 is 1.86 bits per heavy atom. The molecule has 106 valence electrons. The quantitative estimate of drug-likeness (QED) is 0.910. The molecular formula is C16H13FN2O2. The molecule has 2 aromatic rings. The summed E-state index contributed by atoms with van der Waals surface area (Å²) in [5.74, 6) is -0.751. The van der Waals surface area contributed by atoms with Gasteiger partial charge >= 0.3 is 0 Å². The number of benzene rings is 2. The lowest BCUT2D eigenvalue weighted by molar-refractivity contribution is -0.116. The van der Waals surface area contributed by atoms with Crippen molar-refractivity contribution in [3.05, 3.63) is 65.5 Å². The topological polar surface area (TPSA) is 58.2 Å². The third kappa shape index (κ3) is 2.76. The van der Waals surface area contributed by atoms with Crippen molar-refractivity contribution >= 4 is 17.5 Å². The van der Waals surface area contributed by atoms with Crippen LogP contribution >= 0.6 is 0 Å². The van der Waals surface area contributed by atoms with Crippen LogP contribution in [0.3, 0.4) is 0 Å². The van der Waals surface area contributed by atoms with Crippen LogP contribution in [0.2, 0.25) is 0 Å². The highest BCUT2D eigenvalue weighted by atomic mass is 19.1. The molecule has 3 rings (SSSR count). The number of rotatable bonds is 3. The molecular weight excluding hydrogens is 271 g/mol.